The SMILES string of the molecule is CC[C@@H](C)NC(=O)N1CCC(CN2C[C@H](C)C[C@H](C)C2)CC1. The van der Waals surface area contributed by atoms with E-state index < -0.39 is 0 Å². The largest absolute Gasteiger partial charge is 0.336 e. The Balaban J connectivity index is 1.72. The molecule has 2 saturated heterocycles. The molecule has 0 radical (unpaired) electrons. The predicted molar refractivity (Wildman–Crippen MR) is 92.0 cm³/mol. The van der Waals surface area contributed by atoms with Gasteiger partial charge in [0.05, 0.1) is 0 Å². The first kappa shape index (κ1) is 17.6. The molecule has 0 saturated carbocycles. The zero-order valence-electron chi connectivity index (χ0n) is 15.0. The van der Waals surface area contributed by atoms with Gasteiger partial charge in [-0.05, 0) is 50.4 Å². The van der Waals surface area contributed by atoms with Crippen LogP contribution in [0, 0.1) is 17.8 Å². The molecule has 0 bridgehead atoms. The van der Waals surface area contributed by atoms with E-state index in [-0.39, 0.29) is 12.1 Å². The average Bonchev–Trinajstić information content (AvgIpc) is 2.46. The molecule has 2 rings (SSSR count). The molecular weight excluding hydrogens is 274 g/mol. The fourth-order valence-electron chi connectivity index (χ4n) is 4.03. The van der Waals surface area contributed by atoms with Crippen LogP contribution in [0.25, 0.3) is 0 Å². The van der Waals surface area contributed by atoms with E-state index in [2.05, 4.69) is 37.9 Å². The van der Waals surface area contributed by atoms with Crippen molar-refractivity contribution in [2.45, 2.75) is 59.4 Å². The van der Waals surface area contributed by atoms with Gasteiger partial charge in [-0.3, -0.25) is 0 Å². The van der Waals surface area contributed by atoms with Crippen LogP contribution in [-0.4, -0.2) is 54.6 Å². The Morgan fingerprint density at radius 2 is 1.77 bits per heavy atom. The van der Waals surface area contributed by atoms with E-state index in [1.807, 2.05) is 4.90 Å². The van der Waals surface area contributed by atoms with Gasteiger partial charge >= 0.3 is 6.03 Å². The van der Waals surface area contributed by atoms with E-state index in [0.717, 1.165) is 50.1 Å². The second kappa shape index (κ2) is 8.19. The molecule has 0 spiro atoms. The highest BCUT2D eigenvalue weighted by Gasteiger charge is 2.27. The maximum atomic E-state index is 12.2. The van der Waals surface area contributed by atoms with Crippen molar-refractivity contribution in [2.75, 3.05) is 32.7 Å². The third kappa shape index (κ3) is 5.15. The molecule has 1 N–H and O–H groups in total. The van der Waals surface area contributed by atoms with Crippen LogP contribution in [0.3, 0.4) is 0 Å². The molecule has 4 nitrogen and oxygen atoms in total. The van der Waals surface area contributed by atoms with Crippen LogP contribution in [0.5, 0.6) is 0 Å². The summed E-state index contributed by atoms with van der Waals surface area (Å²) in [6, 6.07) is 0.412. The molecule has 128 valence electrons. The molecule has 2 fully saturated rings. The van der Waals surface area contributed by atoms with Crippen LogP contribution in [-0.2, 0) is 0 Å². The minimum atomic E-state index is 0.132. The summed E-state index contributed by atoms with van der Waals surface area (Å²) < 4.78 is 0. The van der Waals surface area contributed by atoms with Gasteiger partial charge in [0.25, 0.3) is 0 Å². The highest BCUT2D eigenvalue weighted by atomic mass is 16.2. The lowest BCUT2D eigenvalue weighted by molar-refractivity contribution is 0.0992. The van der Waals surface area contributed by atoms with Gasteiger partial charge in [-0.1, -0.05) is 20.8 Å². The third-order valence-electron chi connectivity index (χ3n) is 5.34. The number of nitrogens with zero attached hydrogens (tertiary/aromatic N) is 2. The first-order valence-corrected chi connectivity index (χ1v) is 9.25. The Kier molecular flexibility index (Phi) is 6.54. The van der Waals surface area contributed by atoms with E-state index >= 15 is 0 Å². The summed E-state index contributed by atoms with van der Waals surface area (Å²) in [5.41, 5.74) is 0. The van der Waals surface area contributed by atoms with Gasteiger partial charge in [-0.15, -0.1) is 0 Å². The van der Waals surface area contributed by atoms with Crippen molar-refractivity contribution >= 4 is 6.03 Å². The molecule has 4 heteroatoms. The molecule has 0 aliphatic carbocycles. The Hall–Kier alpha value is -0.770. The topological polar surface area (TPSA) is 35.6 Å². The third-order valence-corrected chi connectivity index (χ3v) is 5.34. The number of rotatable bonds is 4. The van der Waals surface area contributed by atoms with E-state index in [1.54, 1.807) is 0 Å². The quantitative estimate of drug-likeness (QED) is 0.865. The first-order chi connectivity index (χ1) is 10.5. The lowest BCUT2D eigenvalue weighted by Gasteiger charge is -2.39. The van der Waals surface area contributed by atoms with Crippen LogP contribution in [0.1, 0.15) is 53.4 Å². The first-order valence-electron chi connectivity index (χ1n) is 9.25. The van der Waals surface area contributed by atoms with Crippen molar-refractivity contribution in [2.24, 2.45) is 17.8 Å². The van der Waals surface area contributed by atoms with Crippen molar-refractivity contribution in [3.8, 4) is 0 Å². The molecule has 0 aromatic rings. The summed E-state index contributed by atoms with van der Waals surface area (Å²) in [5.74, 6) is 2.44. The highest BCUT2D eigenvalue weighted by Crippen LogP contribution is 2.24. The van der Waals surface area contributed by atoms with Crippen LogP contribution < -0.4 is 5.32 Å². The summed E-state index contributed by atoms with van der Waals surface area (Å²) in [6.07, 6.45) is 4.69. The van der Waals surface area contributed by atoms with Crippen molar-refractivity contribution in [3.63, 3.8) is 0 Å². The Labute approximate surface area is 136 Å². The standard InChI is InChI=1S/C18H35N3O/c1-5-16(4)19-18(22)21-8-6-17(7-9-21)13-20-11-14(2)10-15(3)12-20/h14-17H,5-13H2,1-4H3,(H,19,22)/t14-,15+,16-/m1/s1. The molecule has 0 unspecified atom stereocenters. The number of piperidine rings is 2. The summed E-state index contributed by atoms with van der Waals surface area (Å²) in [6.45, 7) is 14.5. The van der Waals surface area contributed by atoms with E-state index in [1.165, 1.54) is 26.1 Å². The van der Waals surface area contributed by atoms with Gasteiger partial charge < -0.3 is 15.1 Å². The lowest BCUT2D eigenvalue weighted by atomic mass is 9.89. The number of hydrogen-bond donors (Lipinski definition) is 1. The van der Waals surface area contributed by atoms with Gasteiger partial charge in [0.1, 0.15) is 0 Å². The lowest BCUT2D eigenvalue weighted by Crippen LogP contribution is -2.49. The zero-order valence-corrected chi connectivity index (χ0v) is 15.0. The van der Waals surface area contributed by atoms with Crippen molar-refractivity contribution < 1.29 is 4.79 Å². The fourth-order valence-corrected chi connectivity index (χ4v) is 4.03. The van der Waals surface area contributed by atoms with Crippen molar-refractivity contribution in [3.05, 3.63) is 0 Å². The average molecular weight is 309 g/mol. The monoisotopic (exact) mass is 309 g/mol. The molecule has 2 amide bonds. The minimum Gasteiger partial charge on any atom is -0.336 e. The highest BCUT2D eigenvalue weighted by molar-refractivity contribution is 5.74. The molecule has 2 heterocycles. The Bertz CT molecular complexity index is 342. The van der Waals surface area contributed by atoms with Gasteiger partial charge in [0.15, 0.2) is 0 Å². The summed E-state index contributed by atoms with van der Waals surface area (Å²) in [5, 5.41) is 3.08. The van der Waals surface area contributed by atoms with Crippen molar-refractivity contribution in [1.29, 1.82) is 0 Å². The van der Waals surface area contributed by atoms with Gasteiger partial charge in [0, 0.05) is 38.8 Å². The van der Waals surface area contributed by atoms with E-state index in [4.69, 9.17) is 0 Å². The van der Waals surface area contributed by atoms with Crippen LogP contribution in [0.15, 0.2) is 0 Å². The molecule has 2 aliphatic heterocycles. The second-order valence-electron chi connectivity index (χ2n) is 7.85. The van der Waals surface area contributed by atoms with Gasteiger partial charge in [-0.2, -0.15) is 0 Å². The fraction of sp³-hybridized carbons (Fsp3) is 0.944. The summed E-state index contributed by atoms with van der Waals surface area (Å²) >= 11 is 0. The molecule has 0 aromatic heterocycles. The molecule has 22 heavy (non-hydrogen) atoms. The number of carbonyl (C=O) groups is 1. The van der Waals surface area contributed by atoms with Gasteiger partial charge in [0.2, 0.25) is 0 Å². The Morgan fingerprint density at radius 1 is 1.18 bits per heavy atom. The number of amides is 2. The summed E-state index contributed by atoms with van der Waals surface area (Å²) in [7, 11) is 0. The van der Waals surface area contributed by atoms with Crippen LogP contribution in [0.4, 0.5) is 4.79 Å². The number of hydrogen-bond acceptors (Lipinski definition) is 2. The second-order valence-corrected chi connectivity index (χ2v) is 7.85. The number of carbonyl (C=O) groups excluding carboxylic acids is 1. The molecular formula is C18H35N3O. The van der Waals surface area contributed by atoms with Crippen LogP contribution >= 0.6 is 0 Å². The maximum absolute atomic E-state index is 12.2. The van der Waals surface area contributed by atoms with Gasteiger partial charge in [-0.25, -0.2) is 4.79 Å². The number of likely N-dealkylation sites (tertiary alicyclic amines) is 2. The smallest absolute Gasteiger partial charge is 0.317 e. The zero-order chi connectivity index (χ0) is 16.1. The van der Waals surface area contributed by atoms with E-state index in [9.17, 15) is 4.79 Å². The predicted octanol–water partition coefficient (Wildman–Crippen LogP) is 3.18. The number of urea groups is 1. The Morgan fingerprint density at radius 3 is 2.32 bits per heavy atom. The normalized spacial score (nSPS) is 29.4. The maximum Gasteiger partial charge on any atom is 0.317 e. The molecule has 0 aromatic carbocycles. The molecule has 2 aliphatic rings. The van der Waals surface area contributed by atoms with Crippen LogP contribution in [0.2, 0.25) is 0 Å². The molecule has 3 atom stereocenters. The van der Waals surface area contributed by atoms with Crippen molar-refractivity contribution in [1.82, 2.24) is 15.1 Å². The summed E-state index contributed by atoms with van der Waals surface area (Å²) in [4.78, 5) is 16.8. The minimum absolute atomic E-state index is 0.132. The van der Waals surface area contributed by atoms with E-state index in [0.29, 0.717) is 0 Å². The number of nitrogens with one attached hydrogen (secondary N) is 1.